The first kappa shape index (κ1) is 20.1. The Kier molecular flexibility index (Phi) is 4.41. The van der Waals surface area contributed by atoms with E-state index in [0.29, 0.717) is 23.4 Å². The molecule has 30 heavy (non-hydrogen) atoms. The summed E-state index contributed by atoms with van der Waals surface area (Å²) in [5.74, 6) is 0.293. The molecule has 5 aliphatic rings. The second-order valence-corrected chi connectivity index (χ2v) is 12.8. The van der Waals surface area contributed by atoms with Crippen molar-refractivity contribution in [3.05, 3.63) is 24.3 Å². The molecule has 0 saturated heterocycles. The average Bonchev–Trinajstić information content (AvgIpc) is 3.35. The number of aliphatic imine (C=N–C) groups is 2. The Hall–Kier alpha value is -1.82. The minimum atomic E-state index is -4.39. The Morgan fingerprint density at radius 2 is 1.80 bits per heavy atom. The van der Waals surface area contributed by atoms with E-state index in [0.717, 1.165) is 31.0 Å². The van der Waals surface area contributed by atoms with Gasteiger partial charge in [-0.2, -0.15) is 13.2 Å². The molecule has 2 N–H and O–H groups in total. The standard InChI is InChI=1S/C21H26F3N4OP/c1-30(2,29)16-5-3-15(4-6-16)26-19-25-11-17(21(22,23)24)18(27-19)28-20-9-12-7-14(20)8-13(12)10-20/h3-6,12-14,17H,7-11H2,1-2H3,(H2,25,26,27,28). The van der Waals surface area contributed by atoms with E-state index in [4.69, 9.17) is 4.99 Å². The summed E-state index contributed by atoms with van der Waals surface area (Å²) in [6, 6.07) is 7.06. The molecule has 1 heterocycles. The first-order valence-electron chi connectivity index (χ1n) is 10.4. The number of guanidine groups is 1. The fourth-order valence-corrected chi connectivity index (χ4v) is 6.76. The molecular weight excluding hydrogens is 412 g/mol. The third-order valence-electron chi connectivity index (χ3n) is 7.33. The fourth-order valence-electron chi connectivity index (χ4n) is 5.89. The summed E-state index contributed by atoms with van der Waals surface area (Å²) in [4.78, 5) is 8.86. The molecule has 1 aromatic rings. The summed E-state index contributed by atoms with van der Waals surface area (Å²) >= 11 is 0. The zero-order valence-electron chi connectivity index (χ0n) is 17.0. The Labute approximate surface area is 174 Å². The molecule has 0 aromatic heterocycles. The van der Waals surface area contributed by atoms with E-state index < -0.39 is 19.2 Å². The SMILES string of the molecule is CP(C)(=O)c1ccc(NC2=NCC(C(F)(F)F)C(=NC34CC5CC3CC5C4)N2)cc1. The van der Waals surface area contributed by atoms with Gasteiger partial charge in [0.1, 0.15) is 18.9 Å². The van der Waals surface area contributed by atoms with Crippen LogP contribution in [0.15, 0.2) is 34.3 Å². The molecule has 3 unspecified atom stereocenters. The largest absolute Gasteiger partial charge is 0.400 e. The molecule has 4 aliphatic carbocycles. The zero-order valence-corrected chi connectivity index (χ0v) is 17.9. The third-order valence-corrected chi connectivity index (χ3v) is 8.87. The number of alkyl halides is 3. The van der Waals surface area contributed by atoms with Gasteiger partial charge in [-0.05, 0) is 81.0 Å². The Morgan fingerprint density at radius 3 is 2.30 bits per heavy atom. The molecule has 0 radical (unpaired) electrons. The normalized spacial score (nSPS) is 36.3. The topological polar surface area (TPSA) is 65.8 Å². The molecule has 5 nitrogen and oxygen atoms in total. The molecular formula is C21H26F3N4OP. The maximum Gasteiger partial charge on any atom is 0.400 e. The zero-order chi connectivity index (χ0) is 21.3. The first-order chi connectivity index (χ1) is 14.0. The van der Waals surface area contributed by atoms with E-state index >= 15 is 0 Å². The lowest BCUT2D eigenvalue weighted by Gasteiger charge is -2.32. The van der Waals surface area contributed by atoms with Gasteiger partial charge < -0.3 is 15.2 Å². The highest BCUT2D eigenvalue weighted by atomic mass is 31.2. The van der Waals surface area contributed by atoms with Gasteiger partial charge in [0, 0.05) is 11.0 Å². The van der Waals surface area contributed by atoms with Crippen molar-refractivity contribution in [3.8, 4) is 0 Å². The van der Waals surface area contributed by atoms with Crippen molar-refractivity contribution >= 4 is 29.9 Å². The lowest BCUT2D eigenvalue weighted by Crippen LogP contribution is -2.51. The van der Waals surface area contributed by atoms with E-state index in [1.807, 2.05) is 0 Å². The number of amidine groups is 1. The molecule has 6 rings (SSSR count). The summed E-state index contributed by atoms with van der Waals surface area (Å²) in [5.41, 5.74) is 0.361. The number of hydrogen-bond donors (Lipinski definition) is 2. The van der Waals surface area contributed by atoms with Gasteiger partial charge in [-0.15, -0.1) is 0 Å². The van der Waals surface area contributed by atoms with Gasteiger partial charge in [0.15, 0.2) is 0 Å². The lowest BCUT2D eigenvalue weighted by atomic mass is 9.91. The number of halogens is 3. The number of nitrogens with zero attached hydrogens (tertiary/aromatic N) is 2. The second kappa shape index (κ2) is 6.59. The van der Waals surface area contributed by atoms with Crippen LogP contribution in [-0.4, -0.2) is 43.4 Å². The molecule has 1 aliphatic heterocycles. The Balaban J connectivity index is 1.39. The summed E-state index contributed by atoms with van der Waals surface area (Å²) in [6.07, 6.45) is -0.312. The minimum absolute atomic E-state index is 0.00330. The van der Waals surface area contributed by atoms with Gasteiger partial charge in [-0.1, -0.05) is 0 Å². The van der Waals surface area contributed by atoms with Gasteiger partial charge in [-0.3, -0.25) is 9.98 Å². The van der Waals surface area contributed by atoms with Crippen molar-refractivity contribution in [2.75, 3.05) is 25.2 Å². The molecule has 4 bridgehead atoms. The highest BCUT2D eigenvalue weighted by molar-refractivity contribution is 7.70. The van der Waals surface area contributed by atoms with Gasteiger partial charge >= 0.3 is 6.18 Å². The number of nitrogens with one attached hydrogen (secondary N) is 2. The predicted octanol–water partition coefficient (Wildman–Crippen LogP) is 4.07. The van der Waals surface area contributed by atoms with Crippen molar-refractivity contribution in [2.24, 2.45) is 33.7 Å². The van der Waals surface area contributed by atoms with E-state index in [1.165, 1.54) is 0 Å². The highest BCUT2D eigenvalue weighted by Gasteiger charge is 2.63. The summed E-state index contributed by atoms with van der Waals surface area (Å²) in [5, 5.41) is 6.66. The van der Waals surface area contributed by atoms with Crippen LogP contribution >= 0.6 is 7.14 Å². The van der Waals surface area contributed by atoms with Crippen LogP contribution in [0, 0.1) is 23.7 Å². The Bertz CT molecular complexity index is 951. The van der Waals surface area contributed by atoms with Gasteiger partial charge in [0.25, 0.3) is 0 Å². The molecule has 1 aromatic carbocycles. The lowest BCUT2D eigenvalue weighted by molar-refractivity contribution is -0.153. The summed E-state index contributed by atoms with van der Waals surface area (Å²) in [7, 11) is -2.36. The van der Waals surface area contributed by atoms with E-state index in [2.05, 4.69) is 15.6 Å². The van der Waals surface area contributed by atoms with Crippen molar-refractivity contribution in [2.45, 2.75) is 37.4 Å². The molecule has 9 heteroatoms. The van der Waals surface area contributed by atoms with Crippen LogP contribution in [0.3, 0.4) is 0 Å². The quantitative estimate of drug-likeness (QED) is 0.700. The van der Waals surface area contributed by atoms with Gasteiger partial charge in [0.2, 0.25) is 5.96 Å². The Morgan fingerprint density at radius 1 is 1.17 bits per heavy atom. The van der Waals surface area contributed by atoms with Gasteiger partial charge in [-0.25, -0.2) is 0 Å². The van der Waals surface area contributed by atoms with Crippen LogP contribution in [0.5, 0.6) is 0 Å². The van der Waals surface area contributed by atoms with E-state index in [9.17, 15) is 17.7 Å². The van der Waals surface area contributed by atoms with E-state index in [-0.39, 0.29) is 23.9 Å². The first-order valence-corrected chi connectivity index (χ1v) is 13.0. The fraction of sp³-hybridized carbons (Fsp3) is 0.619. The molecule has 0 spiro atoms. The van der Waals surface area contributed by atoms with Crippen molar-refractivity contribution in [1.82, 2.24) is 5.32 Å². The monoisotopic (exact) mass is 438 g/mol. The van der Waals surface area contributed by atoms with Crippen LogP contribution in [0.4, 0.5) is 18.9 Å². The van der Waals surface area contributed by atoms with Gasteiger partial charge in [0.05, 0.1) is 12.1 Å². The number of anilines is 1. The molecule has 0 amide bonds. The maximum absolute atomic E-state index is 13.7. The second-order valence-electron chi connectivity index (χ2n) is 9.63. The number of rotatable bonds is 3. The van der Waals surface area contributed by atoms with Crippen molar-refractivity contribution in [3.63, 3.8) is 0 Å². The smallest absolute Gasteiger partial charge is 0.326 e. The van der Waals surface area contributed by atoms with Crippen LogP contribution in [0.2, 0.25) is 0 Å². The highest BCUT2D eigenvalue weighted by Crippen LogP contribution is 2.67. The molecule has 3 atom stereocenters. The van der Waals surface area contributed by atoms with Crippen LogP contribution in [0.25, 0.3) is 0 Å². The summed E-state index contributed by atoms with van der Waals surface area (Å²) < 4.78 is 53.2. The van der Waals surface area contributed by atoms with E-state index in [1.54, 1.807) is 37.6 Å². The van der Waals surface area contributed by atoms with Crippen LogP contribution in [-0.2, 0) is 4.57 Å². The molecule has 4 saturated carbocycles. The number of hydrogen-bond acceptors (Lipinski definition) is 4. The summed E-state index contributed by atoms with van der Waals surface area (Å²) in [6.45, 7) is 3.02. The minimum Gasteiger partial charge on any atom is -0.326 e. The predicted molar refractivity (Wildman–Crippen MR) is 113 cm³/mol. The van der Waals surface area contributed by atoms with Crippen LogP contribution < -0.4 is 15.9 Å². The number of benzene rings is 1. The van der Waals surface area contributed by atoms with Crippen LogP contribution in [0.1, 0.15) is 25.7 Å². The molecule has 162 valence electrons. The maximum atomic E-state index is 13.7. The van der Waals surface area contributed by atoms with Crippen molar-refractivity contribution in [1.29, 1.82) is 0 Å². The molecule has 4 fully saturated rings. The van der Waals surface area contributed by atoms with Crippen molar-refractivity contribution < 1.29 is 17.7 Å². The average molecular weight is 438 g/mol. The third kappa shape index (κ3) is 3.37.